The molecule has 0 spiro atoms. The highest BCUT2D eigenvalue weighted by molar-refractivity contribution is 9.10. The van der Waals surface area contributed by atoms with Crippen molar-refractivity contribution >= 4 is 21.9 Å². The zero-order chi connectivity index (χ0) is 14.3. The van der Waals surface area contributed by atoms with Crippen LogP contribution in [-0.2, 0) is 13.0 Å². The number of aromatic carboxylic acids is 1. The molecule has 2 aromatic rings. The summed E-state index contributed by atoms with van der Waals surface area (Å²) >= 11 is 3.49. The Morgan fingerprint density at radius 1 is 1.55 bits per heavy atom. The summed E-state index contributed by atoms with van der Waals surface area (Å²) in [6.45, 7) is 2.88. The van der Waals surface area contributed by atoms with Gasteiger partial charge in [-0.2, -0.15) is 5.10 Å². The van der Waals surface area contributed by atoms with E-state index < -0.39 is 5.97 Å². The third-order valence-corrected chi connectivity index (χ3v) is 3.79. The van der Waals surface area contributed by atoms with E-state index in [1.807, 2.05) is 6.07 Å². The lowest BCUT2D eigenvalue weighted by molar-refractivity contribution is 0.0696. The molecule has 0 radical (unpaired) electrons. The Balaban J connectivity index is 1.96. The largest absolute Gasteiger partial charge is 0.493 e. The first kappa shape index (κ1) is 13.2. The standard InChI is InChI=1S/C14H13BrN2O3/c1-8-12(14(18)19)7-17(16-8)6-10-5-11(15)4-9-2-3-20-13(9)10/h4-5,7H,2-3,6H2,1H3,(H,18,19). The summed E-state index contributed by atoms with van der Waals surface area (Å²) in [6, 6.07) is 4.05. The van der Waals surface area contributed by atoms with Crippen molar-refractivity contribution in [1.82, 2.24) is 9.78 Å². The van der Waals surface area contributed by atoms with Crippen LogP contribution >= 0.6 is 15.9 Å². The number of benzene rings is 1. The van der Waals surface area contributed by atoms with Crippen LogP contribution < -0.4 is 4.74 Å². The highest BCUT2D eigenvalue weighted by Gasteiger charge is 2.19. The minimum atomic E-state index is -0.954. The molecule has 6 heteroatoms. The normalized spacial score (nSPS) is 13.1. The van der Waals surface area contributed by atoms with E-state index in [1.54, 1.807) is 17.8 Å². The van der Waals surface area contributed by atoms with Crippen LogP contribution in [0.1, 0.15) is 27.2 Å². The maximum absolute atomic E-state index is 11.0. The number of rotatable bonds is 3. The van der Waals surface area contributed by atoms with Gasteiger partial charge in [-0.25, -0.2) is 4.79 Å². The Morgan fingerprint density at radius 3 is 3.05 bits per heavy atom. The van der Waals surface area contributed by atoms with E-state index in [0.29, 0.717) is 18.8 Å². The fraction of sp³-hybridized carbons (Fsp3) is 0.286. The highest BCUT2D eigenvalue weighted by atomic mass is 79.9. The van der Waals surface area contributed by atoms with E-state index in [9.17, 15) is 4.79 Å². The Morgan fingerprint density at radius 2 is 2.35 bits per heavy atom. The van der Waals surface area contributed by atoms with Crippen molar-refractivity contribution in [3.05, 3.63) is 45.2 Å². The SMILES string of the molecule is Cc1nn(Cc2cc(Br)cc3c2OCC3)cc1C(=O)O. The van der Waals surface area contributed by atoms with E-state index in [0.717, 1.165) is 22.2 Å². The van der Waals surface area contributed by atoms with Gasteiger partial charge in [0.25, 0.3) is 0 Å². The molecule has 1 aromatic carbocycles. The summed E-state index contributed by atoms with van der Waals surface area (Å²) in [5.74, 6) is -0.0531. The lowest BCUT2D eigenvalue weighted by atomic mass is 10.1. The van der Waals surface area contributed by atoms with Gasteiger partial charge in [-0.15, -0.1) is 0 Å². The molecule has 0 atom stereocenters. The molecule has 0 fully saturated rings. The van der Waals surface area contributed by atoms with Gasteiger partial charge in [0.05, 0.1) is 18.8 Å². The van der Waals surface area contributed by atoms with Crippen LogP contribution in [0.5, 0.6) is 5.75 Å². The molecule has 104 valence electrons. The van der Waals surface area contributed by atoms with Gasteiger partial charge in [-0.1, -0.05) is 15.9 Å². The van der Waals surface area contributed by atoms with Crippen LogP contribution in [0.2, 0.25) is 0 Å². The second-order valence-electron chi connectivity index (χ2n) is 4.78. The van der Waals surface area contributed by atoms with Crippen LogP contribution in [0.15, 0.2) is 22.8 Å². The van der Waals surface area contributed by atoms with E-state index in [1.165, 1.54) is 5.56 Å². The first-order valence-electron chi connectivity index (χ1n) is 6.26. The number of halogens is 1. The molecule has 20 heavy (non-hydrogen) atoms. The molecule has 0 saturated carbocycles. The lowest BCUT2D eigenvalue weighted by Gasteiger charge is -2.09. The van der Waals surface area contributed by atoms with Crippen molar-refractivity contribution in [2.45, 2.75) is 19.9 Å². The molecule has 5 nitrogen and oxygen atoms in total. The maximum atomic E-state index is 11.0. The minimum Gasteiger partial charge on any atom is -0.493 e. The van der Waals surface area contributed by atoms with Gasteiger partial charge in [-0.05, 0) is 24.6 Å². The van der Waals surface area contributed by atoms with Crippen LogP contribution in [-0.4, -0.2) is 27.5 Å². The summed E-state index contributed by atoms with van der Waals surface area (Å²) in [4.78, 5) is 11.0. The zero-order valence-corrected chi connectivity index (χ0v) is 12.5. The number of nitrogens with zero attached hydrogens (tertiary/aromatic N) is 2. The Kier molecular flexibility index (Phi) is 3.25. The van der Waals surface area contributed by atoms with Crippen LogP contribution in [0, 0.1) is 6.92 Å². The summed E-state index contributed by atoms with van der Waals surface area (Å²) in [5, 5.41) is 13.3. The van der Waals surface area contributed by atoms with Crippen LogP contribution in [0.4, 0.5) is 0 Å². The van der Waals surface area contributed by atoms with E-state index in [-0.39, 0.29) is 5.56 Å². The van der Waals surface area contributed by atoms with Crippen molar-refractivity contribution in [2.24, 2.45) is 0 Å². The van der Waals surface area contributed by atoms with Gasteiger partial charge >= 0.3 is 5.97 Å². The third kappa shape index (κ3) is 2.31. The quantitative estimate of drug-likeness (QED) is 0.935. The molecule has 1 aliphatic rings. The van der Waals surface area contributed by atoms with Crippen molar-refractivity contribution in [3.63, 3.8) is 0 Å². The van der Waals surface area contributed by atoms with Crippen molar-refractivity contribution in [1.29, 1.82) is 0 Å². The van der Waals surface area contributed by atoms with Crippen molar-refractivity contribution in [3.8, 4) is 5.75 Å². The third-order valence-electron chi connectivity index (χ3n) is 3.33. The number of carbonyl (C=O) groups is 1. The maximum Gasteiger partial charge on any atom is 0.339 e. The van der Waals surface area contributed by atoms with E-state index >= 15 is 0 Å². The fourth-order valence-corrected chi connectivity index (χ4v) is 3.00. The summed E-state index contributed by atoms with van der Waals surface area (Å²) in [6.07, 6.45) is 2.46. The summed E-state index contributed by atoms with van der Waals surface area (Å²) < 4.78 is 8.30. The number of hydrogen-bond acceptors (Lipinski definition) is 3. The molecular weight excluding hydrogens is 324 g/mol. The number of carboxylic acids is 1. The second kappa shape index (κ2) is 4.94. The first-order valence-corrected chi connectivity index (χ1v) is 7.05. The number of fused-ring (bicyclic) bond motifs is 1. The van der Waals surface area contributed by atoms with Gasteiger partial charge in [-0.3, -0.25) is 4.68 Å². The number of aromatic nitrogens is 2. The first-order chi connectivity index (χ1) is 9.54. The molecule has 0 amide bonds. The second-order valence-corrected chi connectivity index (χ2v) is 5.70. The van der Waals surface area contributed by atoms with E-state index in [2.05, 4.69) is 27.1 Å². The number of ether oxygens (including phenoxy) is 1. The topological polar surface area (TPSA) is 64.4 Å². The Hall–Kier alpha value is -1.82. The van der Waals surface area contributed by atoms with Crippen molar-refractivity contribution in [2.75, 3.05) is 6.61 Å². The molecular formula is C14H13BrN2O3. The summed E-state index contributed by atoms with van der Waals surface area (Å²) in [5.41, 5.74) is 2.94. The average molecular weight is 337 g/mol. The monoisotopic (exact) mass is 336 g/mol. The average Bonchev–Trinajstić information content (AvgIpc) is 2.95. The molecule has 0 aliphatic carbocycles. The van der Waals surface area contributed by atoms with Gasteiger partial charge in [0.15, 0.2) is 0 Å². The lowest BCUT2D eigenvalue weighted by Crippen LogP contribution is -2.03. The number of aryl methyl sites for hydroxylation is 1. The van der Waals surface area contributed by atoms with Crippen LogP contribution in [0.25, 0.3) is 0 Å². The zero-order valence-electron chi connectivity index (χ0n) is 10.9. The predicted octanol–water partition coefficient (Wildman–Crippen LogP) is 2.64. The van der Waals surface area contributed by atoms with Gasteiger partial charge in [0.1, 0.15) is 11.3 Å². The van der Waals surface area contributed by atoms with Gasteiger partial charge < -0.3 is 9.84 Å². The molecule has 0 saturated heterocycles. The Bertz CT molecular complexity index is 694. The summed E-state index contributed by atoms with van der Waals surface area (Å²) in [7, 11) is 0. The molecule has 0 bridgehead atoms. The Labute approximate surface area is 124 Å². The molecule has 0 unspecified atom stereocenters. The number of hydrogen-bond donors (Lipinski definition) is 1. The molecule has 1 N–H and O–H groups in total. The molecule has 1 aliphatic heterocycles. The molecule has 2 heterocycles. The fourth-order valence-electron chi connectivity index (χ4n) is 2.45. The molecule has 3 rings (SSSR count). The highest BCUT2D eigenvalue weighted by Crippen LogP contribution is 2.33. The van der Waals surface area contributed by atoms with Gasteiger partial charge in [0, 0.05) is 22.7 Å². The smallest absolute Gasteiger partial charge is 0.339 e. The minimum absolute atomic E-state index is 0.234. The van der Waals surface area contributed by atoms with E-state index in [4.69, 9.17) is 9.84 Å². The van der Waals surface area contributed by atoms with Gasteiger partial charge in [0.2, 0.25) is 0 Å². The number of carboxylic acid groups (broad SMARTS) is 1. The van der Waals surface area contributed by atoms with Crippen molar-refractivity contribution < 1.29 is 14.6 Å². The predicted molar refractivity (Wildman–Crippen MR) is 76.4 cm³/mol. The van der Waals surface area contributed by atoms with Crippen LogP contribution in [0.3, 0.4) is 0 Å². The molecule has 1 aromatic heterocycles.